The lowest BCUT2D eigenvalue weighted by molar-refractivity contribution is 0.0986. The van der Waals surface area contributed by atoms with E-state index in [4.69, 9.17) is 5.73 Å². The zero-order valence-electron chi connectivity index (χ0n) is 10.9. The number of halogens is 1. The molecule has 1 amide bonds. The van der Waals surface area contributed by atoms with E-state index in [1.165, 1.54) is 30.9 Å². The first-order valence-corrected chi connectivity index (χ1v) is 6.25. The molecule has 5 nitrogen and oxygen atoms in total. The van der Waals surface area contributed by atoms with Crippen LogP contribution in [0.5, 0.6) is 0 Å². The monoisotopic (exact) mass is 274 g/mol. The first-order valence-electron chi connectivity index (χ1n) is 6.25. The second kappa shape index (κ2) is 6.72. The Hall–Kier alpha value is -2.34. The van der Waals surface area contributed by atoms with Crippen molar-refractivity contribution in [2.75, 3.05) is 18.0 Å². The van der Waals surface area contributed by atoms with Crippen molar-refractivity contribution in [1.29, 1.82) is 0 Å². The summed E-state index contributed by atoms with van der Waals surface area (Å²) >= 11 is 0. The summed E-state index contributed by atoms with van der Waals surface area (Å²) in [5.41, 5.74) is 6.50. The van der Waals surface area contributed by atoms with Crippen LogP contribution in [0.1, 0.15) is 16.8 Å². The highest BCUT2D eigenvalue weighted by Crippen LogP contribution is 2.17. The molecule has 6 heteroatoms. The Morgan fingerprint density at radius 3 is 2.45 bits per heavy atom. The van der Waals surface area contributed by atoms with Crippen LogP contribution in [-0.4, -0.2) is 29.0 Å². The number of nitrogens with zero attached hydrogens (tertiary/aromatic N) is 3. The average molecular weight is 274 g/mol. The fourth-order valence-corrected chi connectivity index (χ4v) is 1.78. The van der Waals surface area contributed by atoms with E-state index in [1.807, 2.05) is 0 Å². The Labute approximate surface area is 116 Å². The summed E-state index contributed by atoms with van der Waals surface area (Å²) in [6.07, 6.45) is 4.91. The van der Waals surface area contributed by atoms with Crippen LogP contribution in [0.2, 0.25) is 0 Å². The predicted octanol–water partition coefficient (Wildman–Crippen LogP) is 1.61. The maximum absolute atomic E-state index is 13.0. The number of benzene rings is 1. The van der Waals surface area contributed by atoms with E-state index in [-0.39, 0.29) is 11.7 Å². The zero-order valence-corrected chi connectivity index (χ0v) is 10.9. The van der Waals surface area contributed by atoms with E-state index in [0.29, 0.717) is 30.8 Å². The molecule has 20 heavy (non-hydrogen) atoms. The Morgan fingerprint density at radius 1 is 1.20 bits per heavy atom. The highest BCUT2D eigenvalue weighted by Gasteiger charge is 2.17. The Morgan fingerprint density at radius 2 is 1.85 bits per heavy atom. The number of hydrogen-bond donors (Lipinski definition) is 1. The topological polar surface area (TPSA) is 72.1 Å². The molecule has 0 saturated carbocycles. The SMILES string of the molecule is NCCCN(C(=O)c1cncnc1)c1ccc(F)cc1. The molecule has 0 spiro atoms. The molecular formula is C14H15FN4O. The van der Waals surface area contributed by atoms with Crippen molar-refractivity contribution in [3.05, 3.63) is 54.4 Å². The molecule has 0 fully saturated rings. The Kier molecular flexibility index (Phi) is 4.73. The smallest absolute Gasteiger partial charge is 0.261 e. The quantitative estimate of drug-likeness (QED) is 0.899. The van der Waals surface area contributed by atoms with Crippen molar-refractivity contribution < 1.29 is 9.18 Å². The van der Waals surface area contributed by atoms with Crippen LogP contribution >= 0.6 is 0 Å². The van der Waals surface area contributed by atoms with Gasteiger partial charge in [0.2, 0.25) is 0 Å². The van der Waals surface area contributed by atoms with Gasteiger partial charge in [0.05, 0.1) is 5.56 Å². The third kappa shape index (κ3) is 3.36. The van der Waals surface area contributed by atoms with Crippen molar-refractivity contribution in [1.82, 2.24) is 9.97 Å². The summed E-state index contributed by atoms with van der Waals surface area (Å²) in [6.45, 7) is 0.923. The van der Waals surface area contributed by atoms with E-state index in [9.17, 15) is 9.18 Å². The molecule has 1 heterocycles. The minimum absolute atomic E-state index is 0.231. The standard InChI is InChI=1S/C14H15FN4O/c15-12-2-4-13(5-3-12)19(7-1-6-16)14(20)11-8-17-10-18-9-11/h2-5,8-10H,1,6-7,16H2. The third-order valence-electron chi connectivity index (χ3n) is 2.78. The van der Waals surface area contributed by atoms with Crippen LogP contribution in [0.3, 0.4) is 0 Å². The molecule has 0 bridgehead atoms. The van der Waals surface area contributed by atoms with Gasteiger partial charge >= 0.3 is 0 Å². The molecule has 0 atom stereocenters. The number of aromatic nitrogens is 2. The number of carbonyl (C=O) groups excluding carboxylic acids is 1. The lowest BCUT2D eigenvalue weighted by atomic mass is 10.2. The van der Waals surface area contributed by atoms with Gasteiger partial charge in [0.1, 0.15) is 12.1 Å². The first-order chi connectivity index (χ1) is 9.72. The Balaban J connectivity index is 2.27. The lowest BCUT2D eigenvalue weighted by Gasteiger charge is -2.22. The van der Waals surface area contributed by atoms with Crippen LogP contribution in [-0.2, 0) is 0 Å². The maximum atomic E-state index is 13.0. The highest BCUT2D eigenvalue weighted by molar-refractivity contribution is 6.05. The van der Waals surface area contributed by atoms with E-state index in [0.717, 1.165) is 0 Å². The normalized spacial score (nSPS) is 10.3. The molecule has 0 aliphatic rings. The third-order valence-corrected chi connectivity index (χ3v) is 2.78. The molecule has 104 valence electrons. The number of nitrogens with two attached hydrogens (primary N) is 1. The minimum Gasteiger partial charge on any atom is -0.330 e. The summed E-state index contributed by atoms with van der Waals surface area (Å²) < 4.78 is 13.0. The molecule has 0 aliphatic carbocycles. The van der Waals surface area contributed by atoms with Gasteiger partial charge in [-0.25, -0.2) is 14.4 Å². The van der Waals surface area contributed by atoms with Crippen molar-refractivity contribution >= 4 is 11.6 Å². The van der Waals surface area contributed by atoms with Crippen molar-refractivity contribution in [3.63, 3.8) is 0 Å². The number of rotatable bonds is 5. The van der Waals surface area contributed by atoms with Gasteiger partial charge in [-0.2, -0.15) is 0 Å². The summed E-state index contributed by atoms with van der Waals surface area (Å²) in [6, 6.07) is 5.76. The molecule has 0 aliphatic heterocycles. The molecule has 0 unspecified atom stereocenters. The van der Waals surface area contributed by atoms with Gasteiger partial charge in [-0.15, -0.1) is 0 Å². The number of amides is 1. The Bertz CT molecular complexity index is 559. The average Bonchev–Trinajstić information content (AvgIpc) is 2.50. The molecule has 1 aromatic carbocycles. The number of carbonyl (C=O) groups is 1. The molecule has 2 N–H and O–H groups in total. The van der Waals surface area contributed by atoms with Gasteiger partial charge in [0.25, 0.3) is 5.91 Å². The minimum atomic E-state index is -0.344. The van der Waals surface area contributed by atoms with Crippen LogP contribution in [0, 0.1) is 5.82 Å². The summed E-state index contributed by atoms with van der Waals surface area (Å²) in [5, 5.41) is 0. The molecule has 1 aromatic heterocycles. The van der Waals surface area contributed by atoms with E-state index < -0.39 is 0 Å². The van der Waals surface area contributed by atoms with Crippen LogP contribution in [0.4, 0.5) is 10.1 Å². The fourth-order valence-electron chi connectivity index (χ4n) is 1.78. The largest absolute Gasteiger partial charge is 0.330 e. The number of anilines is 1. The van der Waals surface area contributed by atoms with Crippen LogP contribution < -0.4 is 10.6 Å². The van der Waals surface area contributed by atoms with Gasteiger partial charge in [-0.1, -0.05) is 0 Å². The fraction of sp³-hybridized carbons (Fsp3) is 0.214. The van der Waals surface area contributed by atoms with Gasteiger partial charge in [0, 0.05) is 24.6 Å². The van der Waals surface area contributed by atoms with Crippen molar-refractivity contribution in [2.45, 2.75) is 6.42 Å². The predicted molar refractivity (Wildman–Crippen MR) is 73.8 cm³/mol. The van der Waals surface area contributed by atoms with Crippen molar-refractivity contribution in [3.8, 4) is 0 Å². The highest BCUT2D eigenvalue weighted by atomic mass is 19.1. The van der Waals surface area contributed by atoms with E-state index in [2.05, 4.69) is 9.97 Å². The van der Waals surface area contributed by atoms with Gasteiger partial charge in [-0.05, 0) is 37.2 Å². The zero-order chi connectivity index (χ0) is 14.4. The summed E-state index contributed by atoms with van der Waals surface area (Å²) in [4.78, 5) is 21.7. The van der Waals surface area contributed by atoms with E-state index in [1.54, 1.807) is 17.0 Å². The summed E-state index contributed by atoms with van der Waals surface area (Å²) in [7, 11) is 0. The first kappa shape index (κ1) is 14.1. The second-order valence-corrected chi connectivity index (χ2v) is 4.20. The lowest BCUT2D eigenvalue weighted by Crippen LogP contribution is -2.33. The second-order valence-electron chi connectivity index (χ2n) is 4.20. The molecule has 2 rings (SSSR count). The van der Waals surface area contributed by atoms with Gasteiger partial charge in [-0.3, -0.25) is 4.79 Å². The molecule has 0 saturated heterocycles. The molecular weight excluding hydrogens is 259 g/mol. The van der Waals surface area contributed by atoms with Crippen LogP contribution in [0.15, 0.2) is 43.0 Å². The number of hydrogen-bond acceptors (Lipinski definition) is 4. The van der Waals surface area contributed by atoms with Gasteiger partial charge in [0.15, 0.2) is 0 Å². The molecule has 0 radical (unpaired) electrons. The van der Waals surface area contributed by atoms with Crippen molar-refractivity contribution in [2.24, 2.45) is 5.73 Å². The molecule has 2 aromatic rings. The maximum Gasteiger partial charge on any atom is 0.261 e. The van der Waals surface area contributed by atoms with Gasteiger partial charge < -0.3 is 10.6 Å². The van der Waals surface area contributed by atoms with E-state index >= 15 is 0 Å². The van der Waals surface area contributed by atoms with Crippen LogP contribution in [0.25, 0.3) is 0 Å². The summed E-state index contributed by atoms with van der Waals surface area (Å²) in [5.74, 6) is -0.575.